The number of aromatic nitrogens is 1. The molecule has 0 spiro atoms. The number of rotatable bonds is 22. The summed E-state index contributed by atoms with van der Waals surface area (Å²) < 4.78 is 35.8. The first-order valence-corrected chi connectivity index (χ1v) is 24.6. The Morgan fingerprint density at radius 2 is 1.42 bits per heavy atom. The molecule has 5 aromatic carbocycles. The molecule has 0 bridgehead atoms. The van der Waals surface area contributed by atoms with Crippen LogP contribution in [-0.4, -0.2) is 69.8 Å². The van der Waals surface area contributed by atoms with Gasteiger partial charge in [-0.15, -0.1) is 0 Å². The molecule has 67 heavy (non-hydrogen) atoms. The lowest BCUT2D eigenvalue weighted by atomic mass is 9.80. The number of aryl methyl sites for hydroxylation is 1. The maximum atomic E-state index is 14.3. The van der Waals surface area contributed by atoms with Gasteiger partial charge in [0.15, 0.2) is 12.7 Å². The molecule has 1 N–H and O–H groups in total. The van der Waals surface area contributed by atoms with E-state index < -0.39 is 20.2 Å². The van der Waals surface area contributed by atoms with E-state index in [2.05, 4.69) is 133 Å². The minimum absolute atomic E-state index is 0.0686. The van der Waals surface area contributed by atoms with Crippen LogP contribution in [-0.2, 0) is 30.7 Å². The molecular formula is C54H61N5O6PS+. The topological polar surface area (TPSA) is 109 Å². The fourth-order valence-corrected chi connectivity index (χ4v) is 11.2. The molecule has 13 heteroatoms. The number of nitrogens with zero attached hydrogens (tertiary/aromatic N) is 4. The standard InChI is InChI=1S/C54H60N5O6PS/c1-39(2)59(40(3)4)66(64-35-15-32-55)65-38-45(37-63-54(42-16-9-8-10-17-42,43-22-26-46(61-6)27-23-43)44-24-28-47(62-7)29-25-44)56-52(60)31-34-58-33-30-41(48-18-11-12-19-49(48)58)36-53-57(5)50-20-13-14-21-51(50)67-53/h8-14,16-30,33,36,39-40,45H,15,31,34-35,37-38H2,1-7H3/p+1/t45-,66?/m1/s1. The van der Waals surface area contributed by atoms with E-state index in [1.54, 1.807) is 26.0 Å². The smallest absolute Gasteiger partial charge is 0.259 e. The second-order valence-corrected chi connectivity index (χ2v) is 19.3. The maximum Gasteiger partial charge on any atom is 0.259 e. The number of nitrogens with one attached hydrogen (secondary N) is 1. The Hall–Kier alpha value is -5.77. The molecular weight excluding hydrogens is 878 g/mol. The van der Waals surface area contributed by atoms with E-state index in [-0.39, 0.29) is 50.7 Å². The summed E-state index contributed by atoms with van der Waals surface area (Å²) in [4.78, 5) is 17.8. The van der Waals surface area contributed by atoms with Crippen LogP contribution in [0.25, 0.3) is 17.0 Å². The highest BCUT2D eigenvalue weighted by molar-refractivity contribution is 8.03. The number of hydrogen-bond acceptors (Lipinski definition) is 10. The first kappa shape index (κ1) is 49.1. The van der Waals surface area contributed by atoms with E-state index in [1.807, 2.05) is 72.8 Å². The lowest BCUT2D eigenvalue weighted by molar-refractivity contribution is -0.670. The van der Waals surface area contributed by atoms with Crippen LogP contribution in [0.2, 0.25) is 0 Å². The number of carbonyl (C=O) groups excluding carboxylic acids is 1. The van der Waals surface area contributed by atoms with Crippen LogP contribution >= 0.6 is 20.3 Å². The van der Waals surface area contributed by atoms with Crippen molar-refractivity contribution < 1.29 is 32.6 Å². The third kappa shape index (κ3) is 11.7. The van der Waals surface area contributed by atoms with Crippen molar-refractivity contribution in [2.75, 3.05) is 46.0 Å². The van der Waals surface area contributed by atoms with Crippen LogP contribution < -0.4 is 24.3 Å². The van der Waals surface area contributed by atoms with Gasteiger partial charge in [-0.25, -0.2) is 4.67 Å². The minimum Gasteiger partial charge on any atom is -0.497 e. The number of carbonyl (C=O) groups is 1. The number of nitriles is 1. The fraction of sp³-hybridized carbons (Fsp3) is 0.315. The Morgan fingerprint density at radius 1 is 0.806 bits per heavy atom. The largest absolute Gasteiger partial charge is 0.497 e. The van der Waals surface area contributed by atoms with Crippen LogP contribution in [0.1, 0.15) is 62.8 Å². The van der Waals surface area contributed by atoms with Crippen molar-refractivity contribution in [1.29, 1.82) is 5.26 Å². The molecule has 0 aliphatic carbocycles. The Balaban J connectivity index is 1.19. The first-order valence-electron chi connectivity index (χ1n) is 22.7. The van der Waals surface area contributed by atoms with E-state index in [0.29, 0.717) is 18.0 Å². The highest BCUT2D eigenvalue weighted by Gasteiger charge is 2.39. The van der Waals surface area contributed by atoms with Crippen LogP contribution in [0.15, 0.2) is 150 Å². The summed E-state index contributed by atoms with van der Waals surface area (Å²) in [6.45, 7) is 9.23. The minimum atomic E-state index is -1.61. The number of thioether (sulfide) groups is 1. The van der Waals surface area contributed by atoms with Gasteiger partial charge in [-0.05, 0) is 98.5 Å². The van der Waals surface area contributed by atoms with E-state index in [0.717, 1.165) is 38.2 Å². The molecule has 11 nitrogen and oxygen atoms in total. The van der Waals surface area contributed by atoms with Gasteiger partial charge in [0.1, 0.15) is 17.1 Å². The Kier molecular flexibility index (Phi) is 17.1. The average Bonchev–Trinajstić information content (AvgIpc) is 3.67. The van der Waals surface area contributed by atoms with Gasteiger partial charge in [-0.3, -0.25) is 4.79 Å². The van der Waals surface area contributed by atoms with Crippen LogP contribution in [0.5, 0.6) is 11.5 Å². The molecule has 0 radical (unpaired) electrons. The predicted molar refractivity (Wildman–Crippen MR) is 269 cm³/mol. The molecule has 1 unspecified atom stereocenters. The summed E-state index contributed by atoms with van der Waals surface area (Å²) in [5, 5.41) is 14.9. The second-order valence-electron chi connectivity index (χ2n) is 16.8. The van der Waals surface area contributed by atoms with E-state index >= 15 is 0 Å². The average molecular weight is 939 g/mol. The molecule has 0 fully saturated rings. The predicted octanol–water partition coefficient (Wildman–Crippen LogP) is 10.9. The molecule has 2 atom stereocenters. The molecule has 1 aliphatic rings. The van der Waals surface area contributed by atoms with E-state index in [4.69, 9.17) is 23.3 Å². The molecule has 1 amide bonds. The number of fused-ring (bicyclic) bond motifs is 2. The van der Waals surface area contributed by atoms with Gasteiger partial charge >= 0.3 is 0 Å². The van der Waals surface area contributed by atoms with Crippen molar-refractivity contribution in [1.82, 2.24) is 9.99 Å². The Labute approximate surface area is 401 Å². The van der Waals surface area contributed by atoms with Crippen LogP contribution in [0, 0.1) is 11.3 Å². The fourth-order valence-electron chi connectivity index (χ4n) is 8.43. The van der Waals surface area contributed by atoms with Gasteiger partial charge in [0.05, 0.1) is 75.1 Å². The van der Waals surface area contributed by atoms with Crippen molar-refractivity contribution >= 4 is 48.9 Å². The summed E-state index contributed by atoms with van der Waals surface area (Å²) in [7, 11) is 3.79. The second kappa shape index (κ2) is 23.3. The lowest BCUT2D eigenvalue weighted by Gasteiger charge is -2.38. The summed E-state index contributed by atoms with van der Waals surface area (Å²) in [5.41, 5.74) is 4.84. The van der Waals surface area contributed by atoms with Crippen LogP contribution in [0.3, 0.4) is 0 Å². The molecule has 6 aromatic rings. The van der Waals surface area contributed by atoms with Crippen molar-refractivity contribution in [3.63, 3.8) is 0 Å². The number of para-hydroxylation sites is 2. The molecule has 1 aliphatic heterocycles. The number of anilines is 1. The summed E-state index contributed by atoms with van der Waals surface area (Å²) in [5.74, 6) is 1.28. The normalized spacial score (nSPS) is 14.1. The number of amides is 1. The molecule has 348 valence electrons. The molecule has 1 aromatic heterocycles. The summed E-state index contributed by atoms with van der Waals surface area (Å²) in [6, 6.07) is 46.5. The third-order valence-electron chi connectivity index (χ3n) is 11.7. The van der Waals surface area contributed by atoms with Gasteiger partial charge in [0, 0.05) is 36.2 Å². The highest BCUT2D eigenvalue weighted by atomic mass is 32.2. The Bertz CT molecular complexity index is 2590. The summed E-state index contributed by atoms with van der Waals surface area (Å²) >= 11 is 1.76. The number of pyridine rings is 1. The highest BCUT2D eigenvalue weighted by Crippen LogP contribution is 2.47. The van der Waals surface area contributed by atoms with Crippen molar-refractivity contribution in [2.45, 2.75) is 75.7 Å². The van der Waals surface area contributed by atoms with Crippen molar-refractivity contribution in [2.24, 2.45) is 0 Å². The molecule has 0 saturated heterocycles. The maximum absolute atomic E-state index is 14.3. The van der Waals surface area contributed by atoms with E-state index in [1.165, 1.54) is 10.6 Å². The van der Waals surface area contributed by atoms with Crippen molar-refractivity contribution in [3.8, 4) is 17.6 Å². The number of ether oxygens (including phenoxy) is 3. The van der Waals surface area contributed by atoms with Gasteiger partial charge in [0.2, 0.25) is 11.4 Å². The van der Waals surface area contributed by atoms with Crippen molar-refractivity contribution in [3.05, 3.63) is 167 Å². The molecule has 2 heterocycles. The lowest BCUT2D eigenvalue weighted by Crippen LogP contribution is -2.46. The van der Waals surface area contributed by atoms with Crippen LogP contribution in [0.4, 0.5) is 5.69 Å². The van der Waals surface area contributed by atoms with Gasteiger partial charge in [-0.2, -0.15) is 9.83 Å². The monoisotopic (exact) mass is 938 g/mol. The zero-order chi connectivity index (χ0) is 47.3. The quantitative estimate of drug-likeness (QED) is 0.0306. The first-order chi connectivity index (χ1) is 32.6. The van der Waals surface area contributed by atoms with E-state index in [9.17, 15) is 10.1 Å². The van der Waals surface area contributed by atoms with Gasteiger partial charge < -0.3 is 33.5 Å². The SMILES string of the molecule is COc1ccc(C(OC[C@H](COP(OCCC#N)N(C(C)C)C(C)C)NC(=O)CC[n+]2ccc(C=C3Sc4ccccc4N3C)c3ccccc32)(c2ccccc2)c2ccc(OC)cc2)cc1. The zero-order valence-electron chi connectivity index (χ0n) is 39.4. The number of benzene rings is 5. The number of methoxy groups -OCH3 is 2. The third-order valence-corrected chi connectivity index (χ3v) is 14.9. The molecule has 0 saturated carbocycles. The zero-order valence-corrected chi connectivity index (χ0v) is 41.1. The van der Waals surface area contributed by atoms with Gasteiger partial charge in [-0.1, -0.05) is 90.6 Å². The van der Waals surface area contributed by atoms with Gasteiger partial charge in [0.25, 0.3) is 8.53 Å². The molecule has 7 rings (SSSR count). The summed E-state index contributed by atoms with van der Waals surface area (Å²) in [6.07, 6.45) is 4.74. The Morgan fingerprint density at radius 3 is 2.04 bits per heavy atom. The number of hydrogen-bond donors (Lipinski definition) is 1.